The molecule has 2 heterocycles. The van der Waals surface area contributed by atoms with E-state index in [0.717, 1.165) is 39.1 Å². The van der Waals surface area contributed by atoms with Crippen LogP contribution in [0.2, 0.25) is 0 Å². The van der Waals surface area contributed by atoms with Crippen LogP contribution in [0.25, 0.3) is 17.0 Å². The van der Waals surface area contributed by atoms with Gasteiger partial charge in [-0.15, -0.1) is 0 Å². The van der Waals surface area contributed by atoms with E-state index in [4.69, 9.17) is 4.74 Å². The number of halogens is 1. The fourth-order valence-electron chi connectivity index (χ4n) is 3.36. The van der Waals surface area contributed by atoms with Crippen LogP contribution in [0, 0.1) is 5.92 Å². The van der Waals surface area contributed by atoms with E-state index in [-0.39, 0.29) is 29.5 Å². The summed E-state index contributed by atoms with van der Waals surface area (Å²) in [5.74, 6) is -0.164. The Labute approximate surface area is 194 Å². The number of carbonyl (C=O) groups is 3. The number of imide groups is 1. The number of carbonyl (C=O) groups excluding carboxylic acids is 3. The molecule has 31 heavy (non-hydrogen) atoms. The third-order valence-electron chi connectivity index (χ3n) is 4.74. The Bertz CT molecular complexity index is 1030. The van der Waals surface area contributed by atoms with Crippen molar-refractivity contribution in [1.82, 2.24) is 14.8 Å². The monoisotopic (exact) mass is 507 g/mol. The van der Waals surface area contributed by atoms with Crippen LogP contribution >= 0.6 is 27.7 Å². The van der Waals surface area contributed by atoms with E-state index >= 15 is 0 Å². The standard InChI is InChI=1S/C22H26BrN3O4S/c1-14(2)11-26-21(28)19(31-22(26)29)9-15-12-25(13-20(27)24-7-4-8-30-3)18-6-5-16(23)10-17(15)18/h5-6,9-10,12,14H,4,7-8,11,13H2,1-3H3,(H,24,27)/b19-9-. The molecule has 3 amide bonds. The number of ether oxygens (including phenoxy) is 1. The van der Waals surface area contributed by atoms with E-state index in [9.17, 15) is 14.4 Å². The lowest BCUT2D eigenvalue weighted by Crippen LogP contribution is -2.31. The van der Waals surface area contributed by atoms with Crippen LogP contribution in [-0.4, -0.2) is 53.3 Å². The first-order chi connectivity index (χ1) is 14.8. The average molecular weight is 508 g/mol. The minimum atomic E-state index is -0.268. The summed E-state index contributed by atoms with van der Waals surface area (Å²) in [5, 5.41) is 3.54. The molecule has 0 bridgehead atoms. The van der Waals surface area contributed by atoms with Crippen molar-refractivity contribution >= 4 is 61.7 Å². The zero-order valence-electron chi connectivity index (χ0n) is 17.8. The van der Waals surface area contributed by atoms with Gasteiger partial charge < -0.3 is 14.6 Å². The fourth-order valence-corrected chi connectivity index (χ4v) is 4.56. The largest absolute Gasteiger partial charge is 0.385 e. The number of benzene rings is 1. The summed E-state index contributed by atoms with van der Waals surface area (Å²) in [6, 6.07) is 5.79. The predicted molar refractivity (Wildman–Crippen MR) is 127 cm³/mol. The Morgan fingerprint density at radius 2 is 2.10 bits per heavy atom. The molecule has 9 heteroatoms. The lowest BCUT2D eigenvalue weighted by Gasteiger charge is -2.14. The highest BCUT2D eigenvalue weighted by Crippen LogP contribution is 2.35. The molecule has 0 saturated carbocycles. The molecule has 1 N–H and O–H groups in total. The number of aromatic nitrogens is 1. The predicted octanol–water partition coefficient (Wildman–Crippen LogP) is 4.25. The Morgan fingerprint density at radius 3 is 2.81 bits per heavy atom. The Morgan fingerprint density at radius 1 is 1.32 bits per heavy atom. The van der Waals surface area contributed by atoms with Crippen molar-refractivity contribution in [1.29, 1.82) is 0 Å². The van der Waals surface area contributed by atoms with E-state index in [2.05, 4.69) is 21.2 Å². The molecule has 2 aromatic rings. The first-order valence-electron chi connectivity index (χ1n) is 10.1. The Balaban J connectivity index is 1.87. The number of rotatable bonds is 9. The first kappa shape index (κ1) is 23.6. The lowest BCUT2D eigenvalue weighted by atomic mass is 10.1. The quantitative estimate of drug-likeness (QED) is 0.405. The topological polar surface area (TPSA) is 80.6 Å². The normalized spacial score (nSPS) is 15.6. The molecule has 1 aliphatic heterocycles. The van der Waals surface area contributed by atoms with E-state index < -0.39 is 0 Å². The van der Waals surface area contributed by atoms with Crippen molar-refractivity contribution in [3.63, 3.8) is 0 Å². The van der Waals surface area contributed by atoms with Crippen LogP contribution in [0.15, 0.2) is 33.8 Å². The van der Waals surface area contributed by atoms with Gasteiger partial charge in [-0.25, -0.2) is 0 Å². The van der Waals surface area contributed by atoms with Crippen LogP contribution in [0.4, 0.5) is 4.79 Å². The van der Waals surface area contributed by atoms with Crippen molar-refractivity contribution in [3.8, 4) is 0 Å². The molecule has 166 valence electrons. The molecule has 3 rings (SSSR count). The summed E-state index contributed by atoms with van der Waals surface area (Å²) in [7, 11) is 1.63. The Hall–Kier alpha value is -2.10. The van der Waals surface area contributed by atoms with E-state index in [1.54, 1.807) is 13.2 Å². The molecular formula is C22H26BrN3O4S. The number of hydrogen-bond donors (Lipinski definition) is 1. The van der Waals surface area contributed by atoms with Gasteiger partial charge in [-0.2, -0.15) is 0 Å². The SMILES string of the molecule is COCCCNC(=O)Cn1cc(/C=C2\SC(=O)N(CC(C)C)C2=O)c2cc(Br)ccc21. The second kappa shape index (κ2) is 10.5. The maximum absolute atomic E-state index is 12.7. The van der Waals surface area contributed by atoms with Gasteiger partial charge in [0.25, 0.3) is 11.1 Å². The van der Waals surface area contributed by atoms with Crippen LogP contribution in [0.5, 0.6) is 0 Å². The minimum Gasteiger partial charge on any atom is -0.385 e. The summed E-state index contributed by atoms with van der Waals surface area (Å²) in [6.07, 6.45) is 4.34. The smallest absolute Gasteiger partial charge is 0.293 e. The fraction of sp³-hybridized carbons (Fsp3) is 0.409. The van der Waals surface area contributed by atoms with Gasteiger partial charge in [0.1, 0.15) is 6.54 Å². The van der Waals surface area contributed by atoms with Crippen molar-refractivity contribution in [2.75, 3.05) is 26.8 Å². The first-order valence-corrected chi connectivity index (χ1v) is 11.7. The van der Waals surface area contributed by atoms with Crippen LogP contribution < -0.4 is 5.32 Å². The van der Waals surface area contributed by atoms with Gasteiger partial charge in [0, 0.05) is 53.9 Å². The van der Waals surface area contributed by atoms with Crippen LogP contribution in [0.1, 0.15) is 25.8 Å². The second-order valence-electron chi connectivity index (χ2n) is 7.76. The summed E-state index contributed by atoms with van der Waals surface area (Å²) in [4.78, 5) is 39.1. The van der Waals surface area contributed by atoms with Crippen molar-refractivity contribution < 1.29 is 19.1 Å². The molecule has 0 aliphatic carbocycles. The summed E-state index contributed by atoms with van der Waals surface area (Å²) in [6.45, 7) is 5.65. The Kier molecular flexibility index (Phi) is 7.96. The number of nitrogens with one attached hydrogen (secondary N) is 1. The molecule has 1 aliphatic rings. The van der Waals surface area contributed by atoms with Gasteiger partial charge in [-0.1, -0.05) is 29.8 Å². The minimum absolute atomic E-state index is 0.0975. The maximum Gasteiger partial charge on any atom is 0.293 e. The second-order valence-corrected chi connectivity index (χ2v) is 9.67. The van der Waals surface area contributed by atoms with Gasteiger partial charge >= 0.3 is 0 Å². The van der Waals surface area contributed by atoms with Crippen molar-refractivity contribution in [2.45, 2.75) is 26.8 Å². The third-order valence-corrected chi connectivity index (χ3v) is 6.14. The van der Waals surface area contributed by atoms with Gasteiger partial charge in [-0.05, 0) is 48.4 Å². The number of methoxy groups -OCH3 is 1. The molecule has 1 fully saturated rings. The molecule has 0 spiro atoms. The van der Waals surface area contributed by atoms with Gasteiger partial charge in [0.05, 0.1) is 4.91 Å². The van der Waals surface area contributed by atoms with Gasteiger partial charge in [0.2, 0.25) is 5.91 Å². The number of thioether (sulfide) groups is 1. The molecule has 7 nitrogen and oxygen atoms in total. The lowest BCUT2D eigenvalue weighted by molar-refractivity contribution is -0.123. The summed E-state index contributed by atoms with van der Waals surface area (Å²) >= 11 is 4.45. The summed E-state index contributed by atoms with van der Waals surface area (Å²) in [5.41, 5.74) is 1.67. The van der Waals surface area contributed by atoms with E-state index in [1.165, 1.54) is 4.90 Å². The zero-order valence-corrected chi connectivity index (χ0v) is 20.2. The van der Waals surface area contributed by atoms with Crippen LogP contribution in [-0.2, 0) is 20.9 Å². The molecule has 1 aromatic carbocycles. The highest BCUT2D eigenvalue weighted by Gasteiger charge is 2.35. The maximum atomic E-state index is 12.7. The molecular weight excluding hydrogens is 482 g/mol. The number of nitrogens with zero attached hydrogens (tertiary/aromatic N) is 2. The van der Waals surface area contributed by atoms with Gasteiger partial charge in [-0.3, -0.25) is 19.3 Å². The highest BCUT2D eigenvalue weighted by molar-refractivity contribution is 9.10. The van der Waals surface area contributed by atoms with Crippen molar-refractivity contribution in [3.05, 3.63) is 39.3 Å². The zero-order chi connectivity index (χ0) is 22.5. The van der Waals surface area contributed by atoms with Crippen LogP contribution in [0.3, 0.4) is 0 Å². The third kappa shape index (κ3) is 5.78. The van der Waals surface area contributed by atoms with Gasteiger partial charge in [0.15, 0.2) is 0 Å². The van der Waals surface area contributed by atoms with E-state index in [0.29, 0.717) is 24.6 Å². The molecule has 0 atom stereocenters. The number of fused-ring (bicyclic) bond motifs is 1. The molecule has 1 saturated heterocycles. The molecule has 0 unspecified atom stereocenters. The molecule has 0 radical (unpaired) electrons. The highest BCUT2D eigenvalue weighted by atomic mass is 79.9. The molecule has 1 aromatic heterocycles. The summed E-state index contributed by atoms with van der Waals surface area (Å²) < 4.78 is 7.75. The average Bonchev–Trinajstić information content (AvgIpc) is 3.16. The van der Waals surface area contributed by atoms with Crippen molar-refractivity contribution in [2.24, 2.45) is 5.92 Å². The number of amides is 3. The number of hydrogen-bond acceptors (Lipinski definition) is 5. The van der Waals surface area contributed by atoms with E-state index in [1.807, 2.05) is 42.8 Å².